The van der Waals surface area contributed by atoms with E-state index >= 15 is 0 Å². The van der Waals surface area contributed by atoms with Gasteiger partial charge in [0.05, 0.1) is 10.6 Å². The van der Waals surface area contributed by atoms with Crippen LogP contribution in [0.25, 0.3) is 0 Å². The molecule has 0 spiro atoms. The van der Waals surface area contributed by atoms with Crippen molar-refractivity contribution in [3.05, 3.63) is 83.7 Å². The molecule has 4 rings (SSSR count). The van der Waals surface area contributed by atoms with Crippen LogP contribution in [0.1, 0.15) is 36.2 Å². The number of fused-ring (bicyclic) bond motifs is 1. The number of sulfonamides is 1. The van der Waals surface area contributed by atoms with Gasteiger partial charge in [0.25, 0.3) is 10.0 Å². The minimum Gasteiger partial charge on any atom is -0.332 e. The Morgan fingerprint density at radius 1 is 1.03 bits per heavy atom. The number of ketones is 1. The van der Waals surface area contributed by atoms with Gasteiger partial charge in [0.1, 0.15) is 5.82 Å². The summed E-state index contributed by atoms with van der Waals surface area (Å²) in [5.74, 6) is -0.422. The molecule has 1 aliphatic heterocycles. The van der Waals surface area contributed by atoms with Gasteiger partial charge < -0.3 is 10.6 Å². The van der Waals surface area contributed by atoms with Crippen molar-refractivity contribution in [1.29, 1.82) is 0 Å². The molecule has 0 fully saturated rings. The van der Waals surface area contributed by atoms with Gasteiger partial charge in [-0.3, -0.25) is 9.10 Å². The summed E-state index contributed by atoms with van der Waals surface area (Å²) in [5.41, 5.74) is 3.04. The van der Waals surface area contributed by atoms with Crippen LogP contribution in [0.2, 0.25) is 0 Å². The van der Waals surface area contributed by atoms with E-state index in [9.17, 15) is 17.6 Å². The topological polar surface area (TPSA) is 78.5 Å². The molecule has 0 bridgehead atoms. The van der Waals surface area contributed by atoms with E-state index in [0.717, 1.165) is 0 Å². The number of carbonyl (C=O) groups is 1. The standard InChI is InChI=1S/C25H24FN3O3S2/c1-16-6-7-19-14-20(26)8-13-24(19)29(16)34(31,32)23-11-9-21(10-12-23)27-25(33)28-22-5-3-4-18(15-22)17(2)30/h3-5,8-16H,6-7H2,1-2H3,(H2,27,28,33)/t16-/m0/s1. The Labute approximate surface area is 203 Å². The molecule has 34 heavy (non-hydrogen) atoms. The summed E-state index contributed by atoms with van der Waals surface area (Å²) in [6.45, 7) is 3.35. The molecule has 1 heterocycles. The van der Waals surface area contributed by atoms with Crippen LogP contribution in [-0.2, 0) is 16.4 Å². The lowest BCUT2D eigenvalue weighted by molar-refractivity contribution is 0.101. The minimum atomic E-state index is -3.84. The molecule has 0 aliphatic carbocycles. The van der Waals surface area contributed by atoms with Gasteiger partial charge in [-0.2, -0.15) is 0 Å². The van der Waals surface area contributed by atoms with E-state index in [-0.39, 0.29) is 22.5 Å². The number of rotatable bonds is 5. The number of nitrogens with one attached hydrogen (secondary N) is 2. The largest absolute Gasteiger partial charge is 0.332 e. The van der Waals surface area contributed by atoms with E-state index in [4.69, 9.17) is 12.2 Å². The Morgan fingerprint density at radius 3 is 2.44 bits per heavy atom. The lowest BCUT2D eigenvalue weighted by atomic mass is 9.99. The van der Waals surface area contributed by atoms with E-state index in [1.165, 1.54) is 41.6 Å². The number of anilines is 3. The van der Waals surface area contributed by atoms with Crippen molar-refractivity contribution in [3.63, 3.8) is 0 Å². The van der Waals surface area contributed by atoms with Crippen molar-refractivity contribution >= 4 is 50.2 Å². The lowest BCUT2D eigenvalue weighted by Crippen LogP contribution is -2.42. The third kappa shape index (κ3) is 4.95. The molecule has 6 nitrogen and oxygen atoms in total. The van der Waals surface area contributed by atoms with Gasteiger partial charge in [0.2, 0.25) is 0 Å². The SMILES string of the molecule is CC(=O)c1cccc(NC(=S)Nc2ccc(S(=O)(=O)N3c4ccc(F)cc4CC[C@@H]3C)cc2)c1. The number of aryl methyl sites for hydroxylation is 1. The molecule has 0 saturated heterocycles. The molecule has 0 saturated carbocycles. The fourth-order valence-corrected chi connectivity index (χ4v) is 5.95. The predicted molar refractivity (Wildman–Crippen MR) is 137 cm³/mol. The van der Waals surface area contributed by atoms with Crippen LogP contribution in [0.4, 0.5) is 21.5 Å². The van der Waals surface area contributed by atoms with Gasteiger partial charge in [-0.15, -0.1) is 0 Å². The monoisotopic (exact) mass is 497 g/mol. The number of Topliss-reactive ketones (excluding diaryl/α,β-unsaturated/α-hetero) is 1. The first-order valence-corrected chi connectivity index (χ1v) is 12.6. The Morgan fingerprint density at radius 2 is 1.74 bits per heavy atom. The molecule has 0 unspecified atom stereocenters. The molecule has 3 aromatic rings. The smallest absolute Gasteiger partial charge is 0.264 e. The fourth-order valence-electron chi connectivity index (χ4n) is 3.99. The second-order valence-corrected chi connectivity index (χ2v) is 10.4. The fraction of sp³-hybridized carbons (Fsp3) is 0.200. The number of hydrogen-bond donors (Lipinski definition) is 2. The third-order valence-corrected chi connectivity index (χ3v) is 7.85. The average molecular weight is 498 g/mol. The van der Waals surface area contributed by atoms with Gasteiger partial charge in [0.15, 0.2) is 10.9 Å². The average Bonchev–Trinajstić information content (AvgIpc) is 2.79. The van der Waals surface area contributed by atoms with Crippen LogP contribution >= 0.6 is 12.2 Å². The van der Waals surface area contributed by atoms with Crippen molar-refractivity contribution in [2.75, 3.05) is 14.9 Å². The molecule has 176 valence electrons. The normalized spacial score (nSPS) is 15.4. The number of thiocarbonyl (C=S) groups is 1. The summed E-state index contributed by atoms with van der Waals surface area (Å²) < 4.78 is 42.0. The predicted octanol–water partition coefficient (Wildman–Crippen LogP) is 5.37. The second-order valence-electron chi connectivity index (χ2n) is 8.20. The van der Waals surface area contributed by atoms with E-state index in [1.807, 2.05) is 6.92 Å². The van der Waals surface area contributed by atoms with E-state index in [2.05, 4.69) is 10.6 Å². The lowest BCUT2D eigenvalue weighted by Gasteiger charge is -2.36. The Kier molecular flexibility index (Phi) is 6.67. The summed E-state index contributed by atoms with van der Waals surface area (Å²) >= 11 is 5.34. The molecule has 9 heteroatoms. The van der Waals surface area contributed by atoms with Crippen molar-refractivity contribution in [3.8, 4) is 0 Å². The Hall–Kier alpha value is -3.30. The molecule has 0 radical (unpaired) electrons. The number of benzene rings is 3. The highest BCUT2D eigenvalue weighted by Crippen LogP contribution is 2.36. The van der Waals surface area contributed by atoms with Gasteiger partial charge in [-0.25, -0.2) is 12.8 Å². The highest BCUT2D eigenvalue weighted by atomic mass is 32.2. The maximum atomic E-state index is 13.7. The zero-order valence-corrected chi connectivity index (χ0v) is 20.3. The highest BCUT2D eigenvalue weighted by Gasteiger charge is 2.34. The number of carbonyl (C=O) groups excluding carboxylic acids is 1. The number of hydrogen-bond acceptors (Lipinski definition) is 4. The molecule has 1 aliphatic rings. The molecular weight excluding hydrogens is 473 g/mol. The molecule has 0 amide bonds. The van der Waals surface area contributed by atoms with Crippen molar-refractivity contribution in [1.82, 2.24) is 0 Å². The molecule has 1 atom stereocenters. The first-order valence-electron chi connectivity index (χ1n) is 10.8. The van der Waals surface area contributed by atoms with Gasteiger partial charge in [-0.1, -0.05) is 12.1 Å². The van der Waals surface area contributed by atoms with E-state index in [0.29, 0.717) is 46.1 Å². The van der Waals surface area contributed by atoms with Crippen molar-refractivity contribution < 1.29 is 17.6 Å². The van der Waals surface area contributed by atoms with Crippen molar-refractivity contribution in [2.24, 2.45) is 0 Å². The molecule has 3 aromatic carbocycles. The summed E-state index contributed by atoms with van der Waals surface area (Å²) in [4.78, 5) is 11.7. The quantitative estimate of drug-likeness (QED) is 0.365. The second kappa shape index (κ2) is 9.52. The number of nitrogens with zero attached hydrogens (tertiary/aromatic N) is 1. The summed E-state index contributed by atoms with van der Waals surface area (Å²) in [7, 11) is -3.84. The van der Waals surface area contributed by atoms with Crippen LogP contribution in [-0.4, -0.2) is 25.4 Å². The summed E-state index contributed by atoms with van der Waals surface area (Å²) in [5, 5.41) is 6.33. The van der Waals surface area contributed by atoms with Crippen molar-refractivity contribution in [2.45, 2.75) is 37.6 Å². The van der Waals surface area contributed by atoms with E-state index < -0.39 is 10.0 Å². The van der Waals surface area contributed by atoms with Crippen LogP contribution in [0.5, 0.6) is 0 Å². The minimum absolute atomic E-state index is 0.0462. The van der Waals surface area contributed by atoms with E-state index in [1.54, 1.807) is 36.4 Å². The highest BCUT2D eigenvalue weighted by molar-refractivity contribution is 7.92. The molecular formula is C25H24FN3O3S2. The van der Waals surface area contributed by atoms with Crippen LogP contribution < -0.4 is 14.9 Å². The first-order chi connectivity index (χ1) is 16.1. The summed E-state index contributed by atoms with van der Waals surface area (Å²) in [6, 6.07) is 17.2. The van der Waals surface area contributed by atoms with Crippen LogP contribution in [0.15, 0.2) is 71.6 Å². The zero-order valence-electron chi connectivity index (χ0n) is 18.7. The maximum absolute atomic E-state index is 13.7. The van der Waals surface area contributed by atoms with Gasteiger partial charge in [-0.05, 0) is 99.1 Å². The third-order valence-electron chi connectivity index (χ3n) is 5.71. The van der Waals surface area contributed by atoms with Gasteiger partial charge >= 0.3 is 0 Å². The molecule has 2 N–H and O–H groups in total. The first kappa shape index (κ1) is 23.8. The van der Waals surface area contributed by atoms with Crippen LogP contribution in [0, 0.1) is 5.82 Å². The number of halogens is 1. The van der Waals surface area contributed by atoms with Crippen LogP contribution in [0.3, 0.4) is 0 Å². The maximum Gasteiger partial charge on any atom is 0.264 e. The Bertz CT molecular complexity index is 1360. The van der Waals surface area contributed by atoms with Gasteiger partial charge in [0, 0.05) is 23.0 Å². The molecule has 0 aromatic heterocycles. The zero-order chi connectivity index (χ0) is 24.5. The summed E-state index contributed by atoms with van der Waals surface area (Å²) in [6.07, 6.45) is 1.24. The Balaban J connectivity index is 1.51.